The summed E-state index contributed by atoms with van der Waals surface area (Å²) in [5, 5.41) is 2.57. The minimum atomic E-state index is -2.51. The fourth-order valence-corrected chi connectivity index (χ4v) is 10.8. The molecule has 0 spiro atoms. The van der Waals surface area contributed by atoms with E-state index in [9.17, 15) is 4.79 Å². The van der Waals surface area contributed by atoms with Gasteiger partial charge < -0.3 is 9.33 Å². The zero-order chi connectivity index (χ0) is 29.2. The molecule has 218 valence electrons. The van der Waals surface area contributed by atoms with Crippen LogP contribution in [0.25, 0.3) is 5.70 Å². The molecular formula is C36H38N4O2Si. The van der Waals surface area contributed by atoms with Gasteiger partial charge in [-0.15, -0.1) is 0 Å². The molecule has 0 radical (unpaired) electrons. The van der Waals surface area contributed by atoms with Gasteiger partial charge in [0.25, 0.3) is 8.32 Å². The van der Waals surface area contributed by atoms with Crippen molar-refractivity contribution in [3.8, 4) is 0 Å². The molecule has 1 aliphatic carbocycles. The quantitative estimate of drug-likeness (QED) is 0.243. The lowest BCUT2D eigenvalue weighted by Crippen LogP contribution is -2.60. The number of imidazole rings is 1. The molecule has 2 aliphatic heterocycles. The van der Waals surface area contributed by atoms with Gasteiger partial charge in [-0.3, -0.25) is 14.4 Å². The topological polar surface area (TPSA) is 59.7 Å². The van der Waals surface area contributed by atoms with Gasteiger partial charge in [0.05, 0.1) is 18.0 Å². The van der Waals surface area contributed by atoms with Crippen LogP contribution in [-0.4, -0.2) is 47.6 Å². The minimum absolute atomic E-state index is 0.0461. The van der Waals surface area contributed by atoms with Crippen LogP contribution in [0.3, 0.4) is 0 Å². The van der Waals surface area contributed by atoms with Crippen LogP contribution in [-0.2, 0) is 22.2 Å². The first-order chi connectivity index (χ1) is 21.2. The highest BCUT2D eigenvalue weighted by atomic mass is 28.4. The Labute approximate surface area is 254 Å². The zero-order valence-corrected chi connectivity index (χ0v) is 25.8. The number of amides is 1. The first kappa shape index (κ1) is 27.7. The smallest absolute Gasteiger partial charge is 0.256 e. The van der Waals surface area contributed by atoms with Crippen LogP contribution in [0.1, 0.15) is 60.9 Å². The molecule has 7 heteroatoms. The zero-order valence-electron chi connectivity index (χ0n) is 24.8. The van der Waals surface area contributed by atoms with Gasteiger partial charge in [-0.25, -0.2) is 4.98 Å². The predicted molar refractivity (Wildman–Crippen MR) is 174 cm³/mol. The number of carbonyl (C=O) groups is 1. The molecule has 1 saturated carbocycles. The van der Waals surface area contributed by atoms with E-state index in [0.717, 1.165) is 42.5 Å². The Kier molecular flexibility index (Phi) is 7.68. The molecular weight excluding hydrogens is 549 g/mol. The predicted octanol–water partition coefficient (Wildman–Crippen LogP) is 5.52. The Bertz CT molecular complexity index is 1630. The number of aliphatic imine (C=N–C) groups is 1. The monoisotopic (exact) mass is 586 g/mol. The average molecular weight is 587 g/mol. The van der Waals surface area contributed by atoms with E-state index >= 15 is 0 Å². The van der Waals surface area contributed by atoms with Crippen molar-refractivity contribution in [1.82, 2.24) is 14.5 Å². The molecule has 4 aromatic rings. The summed E-state index contributed by atoms with van der Waals surface area (Å²) in [4.78, 5) is 24.6. The Morgan fingerprint density at radius 3 is 2.40 bits per heavy atom. The van der Waals surface area contributed by atoms with E-state index in [2.05, 4.69) is 91.9 Å². The molecule has 3 aromatic carbocycles. The number of aromatic nitrogens is 2. The van der Waals surface area contributed by atoms with Crippen LogP contribution in [0.2, 0.25) is 6.04 Å². The van der Waals surface area contributed by atoms with Gasteiger partial charge in [-0.05, 0) is 52.7 Å². The lowest BCUT2D eigenvalue weighted by atomic mass is 9.90. The van der Waals surface area contributed by atoms with E-state index in [0.29, 0.717) is 19.1 Å². The van der Waals surface area contributed by atoms with Gasteiger partial charge in [0.2, 0.25) is 5.91 Å². The lowest BCUT2D eigenvalue weighted by Gasteiger charge is -2.32. The normalized spacial score (nSPS) is 16.7. The Balaban J connectivity index is 1.19. The number of nitrogens with zero attached hydrogens (tertiary/aromatic N) is 4. The lowest BCUT2D eigenvalue weighted by molar-refractivity contribution is -0.126. The van der Waals surface area contributed by atoms with Gasteiger partial charge in [-0.1, -0.05) is 98.6 Å². The van der Waals surface area contributed by atoms with E-state index in [1.54, 1.807) is 6.33 Å². The van der Waals surface area contributed by atoms with Gasteiger partial charge >= 0.3 is 0 Å². The van der Waals surface area contributed by atoms with E-state index in [4.69, 9.17) is 14.4 Å². The Morgan fingerprint density at radius 1 is 0.953 bits per heavy atom. The van der Waals surface area contributed by atoms with E-state index in [-0.39, 0.29) is 12.5 Å². The van der Waals surface area contributed by atoms with Crippen LogP contribution in [0.15, 0.2) is 102 Å². The highest BCUT2D eigenvalue weighted by Gasteiger charge is 2.39. The second-order valence-corrected chi connectivity index (χ2v) is 15.5. The second kappa shape index (κ2) is 11.9. The first-order valence-electron chi connectivity index (χ1n) is 15.6. The molecule has 1 fully saturated rings. The SMILES string of the molecule is CCCC[Si](OCc1cn(C2=NCC(=O)N3CCc4c(cccc4C4CC4)C3=C2)cn1)(c1ccccc1)c1ccccc1. The van der Waals surface area contributed by atoms with E-state index in [1.165, 1.54) is 39.9 Å². The molecule has 7 rings (SSSR count). The number of unbranched alkanes of at least 4 members (excludes halogenated alkanes) is 1. The van der Waals surface area contributed by atoms with Crippen molar-refractivity contribution in [3.63, 3.8) is 0 Å². The van der Waals surface area contributed by atoms with Crippen molar-refractivity contribution in [2.75, 3.05) is 13.1 Å². The van der Waals surface area contributed by atoms with E-state index < -0.39 is 8.32 Å². The standard InChI is InChI=1S/C36H38N4O2Si/c1-2-3-21-43(29-11-6-4-7-12-29,30-13-8-5-9-14-30)42-25-28-24-39(26-38-28)35-22-34-33-16-10-15-31(27-17-18-27)32(33)19-20-40(34)36(41)23-37-35/h4-16,22,24,26-27H,2-3,17-21,23,25H2,1H3. The minimum Gasteiger partial charge on any atom is -0.402 e. The van der Waals surface area contributed by atoms with Crippen LogP contribution in [0, 0.1) is 0 Å². The molecule has 3 heterocycles. The molecule has 0 saturated heterocycles. The van der Waals surface area contributed by atoms with Crippen LogP contribution in [0.4, 0.5) is 0 Å². The number of hydrogen-bond acceptors (Lipinski definition) is 4. The maximum absolute atomic E-state index is 13.2. The largest absolute Gasteiger partial charge is 0.402 e. The number of carbonyl (C=O) groups excluding carboxylic acids is 1. The van der Waals surface area contributed by atoms with Crippen molar-refractivity contribution in [2.45, 2.75) is 57.6 Å². The highest BCUT2D eigenvalue weighted by Crippen LogP contribution is 2.44. The van der Waals surface area contributed by atoms with Gasteiger partial charge in [-0.2, -0.15) is 0 Å². The van der Waals surface area contributed by atoms with Crippen molar-refractivity contribution in [1.29, 1.82) is 0 Å². The number of rotatable bonds is 9. The van der Waals surface area contributed by atoms with Crippen LogP contribution < -0.4 is 10.4 Å². The molecule has 0 unspecified atom stereocenters. The molecule has 43 heavy (non-hydrogen) atoms. The number of hydrogen-bond donors (Lipinski definition) is 0. The summed E-state index contributed by atoms with van der Waals surface area (Å²) >= 11 is 0. The third-order valence-corrected chi connectivity index (χ3v) is 13.3. The maximum atomic E-state index is 13.2. The van der Waals surface area contributed by atoms with Gasteiger partial charge in [0.15, 0.2) is 0 Å². The van der Waals surface area contributed by atoms with Crippen molar-refractivity contribution in [3.05, 3.63) is 120 Å². The summed E-state index contributed by atoms with van der Waals surface area (Å²) < 4.78 is 9.00. The molecule has 1 aromatic heterocycles. The highest BCUT2D eigenvalue weighted by molar-refractivity contribution is 6.97. The van der Waals surface area contributed by atoms with E-state index in [1.807, 2.05) is 15.7 Å². The van der Waals surface area contributed by atoms with Gasteiger partial charge in [0.1, 0.15) is 18.7 Å². The third kappa shape index (κ3) is 5.43. The number of fused-ring (bicyclic) bond motifs is 3. The summed E-state index contributed by atoms with van der Waals surface area (Å²) in [7, 11) is -2.51. The van der Waals surface area contributed by atoms with Crippen molar-refractivity contribution in [2.24, 2.45) is 4.99 Å². The summed E-state index contributed by atoms with van der Waals surface area (Å²) in [5.41, 5.74) is 5.84. The van der Waals surface area contributed by atoms with Crippen molar-refractivity contribution >= 4 is 36.1 Å². The Hall–Kier alpha value is -4.07. The average Bonchev–Trinajstić information content (AvgIpc) is 3.83. The molecule has 0 bridgehead atoms. The molecule has 1 amide bonds. The molecule has 0 atom stereocenters. The second-order valence-electron chi connectivity index (χ2n) is 11.9. The van der Waals surface area contributed by atoms with Crippen molar-refractivity contribution < 1.29 is 9.22 Å². The molecule has 6 nitrogen and oxygen atoms in total. The van der Waals surface area contributed by atoms with Gasteiger partial charge in [0, 0.05) is 24.4 Å². The Morgan fingerprint density at radius 2 is 1.70 bits per heavy atom. The first-order valence-corrected chi connectivity index (χ1v) is 17.7. The molecule has 3 aliphatic rings. The fourth-order valence-electron chi connectivity index (χ4n) is 6.66. The number of allylic oxidation sites excluding steroid dienone is 1. The maximum Gasteiger partial charge on any atom is 0.256 e. The summed E-state index contributed by atoms with van der Waals surface area (Å²) in [6, 6.07) is 29.1. The van der Waals surface area contributed by atoms with Crippen LogP contribution >= 0.6 is 0 Å². The third-order valence-electron chi connectivity index (χ3n) is 9.05. The molecule has 0 N–H and O–H groups in total. The summed E-state index contributed by atoms with van der Waals surface area (Å²) in [5.74, 6) is 1.45. The summed E-state index contributed by atoms with van der Waals surface area (Å²) in [6.07, 6.45) is 11.5. The summed E-state index contributed by atoms with van der Waals surface area (Å²) in [6.45, 7) is 3.49. The van der Waals surface area contributed by atoms with Crippen LogP contribution in [0.5, 0.6) is 0 Å². The number of benzene rings is 3. The fraction of sp³-hybridized carbons (Fsp3) is 0.306.